The van der Waals surface area contributed by atoms with E-state index in [9.17, 15) is 5.11 Å². The first-order valence-electron chi connectivity index (χ1n) is 14.7. The van der Waals surface area contributed by atoms with Crippen LogP contribution < -0.4 is 4.74 Å². The molecule has 1 unspecified atom stereocenters. The summed E-state index contributed by atoms with van der Waals surface area (Å²) >= 11 is 3.63. The summed E-state index contributed by atoms with van der Waals surface area (Å²) in [6.07, 6.45) is 18.7. The molecule has 1 atom stereocenters. The van der Waals surface area contributed by atoms with Crippen molar-refractivity contribution in [1.29, 1.82) is 0 Å². The first kappa shape index (κ1) is 28.2. The Morgan fingerprint density at radius 2 is 1.44 bits per heavy atom. The van der Waals surface area contributed by atoms with Crippen molar-refractivity contribution in [1.82, 2.24) is 0 Å². The number of aromatic hydroxyl groups is 1. The van der Waals surface area contributed by atoms with E-state index < -0.39 is 0 Å². The van der Waals surface area contributed by atoms with Crippen molar-refractivity contribution >= 4 is 48.9 Å². The Morgan fingerprint density at radius 1 is 0.769 bits per heavy atom. The molecule has 2 aromatic carbocycles. The SMILES string of the molecule is COc1ccc2cc(C(OC)C3CCCCCC3)sc2c1.Oc1ccc2cc(C=C3CCCCCC3)sc2c1. The van der Waals surface area contributed by atoms with Crippen LogP contribution in [0, 0.1) is 5.92 Å². The highest BCUT2D eigenvalue weighted by Crippen LogP contribution is 2.41. The zero-order chi connectivity index (χ0) is 27.0. The quantitative estimate of drug-likeness (QED) is 0.246. The lowest BCUT2D eigenvalue weighted by molar-refractivity contribution is 0.0475. The predicted molar refractivity (Wildman–Crippen MR) is 168 cm³/mol. The van der Waals surface area contributed by atoms with Gasteiger partial charge in [-0.1, -0.05) is 44.1 Å². The summed E-state index contributed by atoms with van der Waals surface area (Å²) in [4.78, 5) is 2.69. The maximum atomic E-state index is 9.49. The van der Waals surface area contributed by atoms with Gasteiger partial charge in [0, 0.05) is 26.3 Å². The highest BCUT2D eigenvalue weighted by Gasteiger charge is 2.25. The van der Waals surface area contributed by atoms with Crippen LogP contribution in [0.1, 0.15) is 92.9 Å². The molecule has 208 valence electrons. The molecule has 6 rings (SSSR count). The van der Waals surface area contributed by atoms with Gasteiger partial charge in [0.05, 0.1) is 13.2 Å². The van der Waals surface area contributed by atoms with Crippen LogP contribution in [0.15, 0.2) is 54.1 Å². The summed E-state index contributed by atoms with van der Waals surface area (Å²) < 4.78 is 13.7. The Bertz CT molecular complexity index is 1360. The fraction of sp³-hybridized carbons (Fsp3) is 0.471. The average Bonchev–Trinajstić information content (AvgIpc) is 3.29. The zero-order valence-corrected chi connectivity index (χ0v) is 25.0. The van der Waals surface area contributed by atoms with Gasteiger partial charge in [0.25, 0.3) is 0 Å². The Balaban J connectivity index is 0.000000160. The molecule has 0 saturated heterocycles. The van der Waals surface area contributed by atoms with E-state index in [0.29, 0.717) is 11.7 Å². The third-order valence-corrected chi connectivity index (χ3v) is 10.4. The van der Waals surface area contributed by atoms with E-state index in [4.69, 9.17) is 9.47 Å². The number of hydrogen-bond donors (Lipinski definition) is 1. The smallest absolute Gasteiger partial charge is 0.120 e. The van der Waals surface area contributed by atoms with Gasteiger partial charge in [-0.15, -0.1) is 22.7 Å². The number of fused-ring (bicyclic) bond motifs is 2. The second-order valence-electron chi connectivity index (χ2n) is 11.0. The molecule has 0 amide bonds. The first-order chi connectivity index (χ1) is 19.1. The molecule has 2 aliphatic rings. The molecule has 2 saturated carbocycles. The highest BCUT2D eigenvalue weighted by atomic mass is 32.1. The molecule has 2 aliphatic carbocycles. The number of phenolic OH excluding ortho intramolecular Hbond substituents is 1. The molecule has 2 aromatic heterocycles. The number of phenols is 1. The summed E-state index contributed by atoms with van der Waals surface area (Å²) in [5, 5.41) is 12.0. The van der Waals surface area contributed by atoms with E-state index in [1.54, 1.807) is 30.1 Å². The number of allylic oxidation sites excluding steroid dienone is 1. The lowest BCUT2D eigenvalue weighted by Crippen LogP contribution is -2.13. The Labute approximate surface area is 241 Å². The first-order valence-corrected chi connectivity index (χ1v) is 16.3. The second-order valence-corrected chi connectivity index (χ2v) is 13.3. The average molecular weight is 563 g/mol. The number of methoxy groups -OCH3 is 2. The van der Waals surface area contributed by atoms with Gasteiger partial charge >= 0.3 is 0 Å². The summed E-state index contributed by atoms with van der Waals surface area (Å²) in [6, 6.07) is 16.5. The van der Waals surface area contributed by atoms with E-state index in [0.717, 1.165) is 5.75 Å². The van der Waals surface area contributed by atoms with Crippen molar-refractivity contribution in [3.8, 4) is 11.5 Å². The molecule has 39 heavy (non-hydrogen) atoms. The topological polar surface area (TPSA) is 38.7 Å². The number of benzene rings is 2. The fourth-order valence-electron chi connectivity index (χ4n) is 6.09. The molecule has 0 aliphatic heterocycles. The zero-order valence-electron chi connectivity index (χ0n) is 23.4. The number of hydrogen-bond acceptors (Lipinski definition) is 5. The number of thiophene rings is 2. The molecule has 4 aromatic rings. The van der Waals surface area contributed by atoms with E-state index >= 15 is 0 Å². The highest BCUT2D eigenvalue weighted by molar-refractivity contribution is 7.20. The van der Waals surface area contributed by atoms with Gasteiger partial charge in [-0.2, -0.15) is 0 Å². The monoisotopic (exact) mass is 562 g/mol. The Hall–Kier alpha value is -2.34. The molecule has 2 fully saturated rings. The van der Waals surface area contributed by atoms with Crippen LogP contribution in [0.3, 0.4) is 0 Å². The van der Waals surface area contributed by atoms with E-state index in [1.807, 2.05) is 36.6 Å². The van der Waals surface area contributed by atoms with Crippen molar-refractivity contribution in [3.63, 3.8) is 0 Å². The predicted octanol–water partition coefficient (Wildman–Crippen LogP) is 10.9. The lowest BCUT2D eigenvalue weighted by atomic mass is 9.93. The molecule has 0 radical (unpaired) electrons. The van der Waals surface area contributed by atoms with Gasteiger partial charge in [-0.3, -0.25) is 0 Å². The molecule has 0 bridgehead atoms. The molecule has 2 heterocycles. The van der Waals surface area contributed by atoms with Gasteiger partial charge in [0.2, 0.25) is 0 Å². The van der Waals surface area contributed by atoms with E-state index in [1.165, 1.54) is 107 Å². The van der Waals surface area contributed by atoms with Crippen molar-refractivity contribution in [3.05, 3.63) is 63.9 Å². The minimum Gasteiger partial charge on any atom is -0.508 e. The lowest BCUT2D eigenvalue weighted by Gasteiger charge is -2.23. The molecular weight excluding hydrogens is 521 g/mol. The van der Waals surface area contributed by atoms with Gasteiger partial charge in [-0.05, 0) is 110 Å². The summed E-state index contributed by atoms with van der Waals surface area (Å²) in [5.74, 6) is 1.96. The van der Waals surface area contributed by atoms with Gasteiger partial charge < -0.3 is 14.6 Å². The third kappa shape index (κ3) is 7.45. The van der Waals surface area contributed by atoms with Gasteiger partial charge in [0.15, 0.2) is 0 Å². The second kappa shape index (κ2) is 13.8. The van der Waals surface area contributed by atoms with Crippen molar-refractivity contribution in [2.45, 2.75) is 83.2 Å². The summed E-state index contributed by atoms with van der Waals surface area (Å²) in [7, 11) is 3.58. The third-order valence-electron chi connectivity index (χ3n) is 8.22. The number of ether oxygens (including phenoxy) is 2. The maximum absolute atomic E-state index is 9.49. The Kier molecular flexibility index (Phi) is 10.00. The minimum atomic E-state index is 0.256. The molecule has 1 N–H and O–H groups in total. The van der Waals surface area contributed by atoms with Crippen LogP contribution in [0.5, 0.6) is 11.5 Å². The Morgan fingerprint density at radius 3 is 2.15 bits per heavy atom. The largest absolute Gasteiger partial charge is 0.508 e. The van der Waals surface area contributed by atoms with Gasteiger partial charge in [-0.25, -0.2) is 0 Å². The van der Waals surface area contributed by atoms with Crippen LogP contribution >= 0.6 is 22.7 Å². The minimum absolute atomic E-state index is 0.256. The van der Waals surface area contributed by atoms with Gasteiger partial charge in [0.1, 0.15) is 11.5 Å². The fourth-order valence-corrected chi connectivity index (χ4v) is 8.45. The van der Waals surface area contributed by atoms with Crippen molar-refractivity contribution in [2.75, 3.05) is 14.2 Å². The number of rotatable bonds is 5. The maximum Gasteiger partial charge on any atom is 0.120 e. The van der Waals surface area contributed by atoms with Crippen LogP contribution in [-0.4, -0.2) is 19.3 Å². The molecule has 0 spiro atoms. The normalized spacial score (nSPS) is 17.7. The molecular formula is C34H42O3S2. The van der Waals surface area contributed by atoms with E-state index in [-0.39, 0.29) is 6.10 Å². The van der Waals surface area contributed by atoms with E-state index in [2.05, 4.69) is 30.3 Å². The van der Waals surface area contributed by atoms with Crippen molar-refractivity contribution < 1.29 is 14.6 Å². The van der Waals surface area contributed by atoms with Crippen LogP contribution in [0.4, 0.5) is 0 Å². The summed E-state index contributed by atoms with van der Waals surface area (Å²) in [5.41, 5.74) is 1.60. The standard InChI is InChI=1S/C18H24O2S.C16H18OS/c1-19-15-10-9-14-11-17(21-16(14)12-15)18(20-2)13-7-5-3-4-6-8-13;17-14-8-7-13-10-15(18-16(13)11-14)9-12-5-3-1-2-4-6-12/h9-13,18H,3-8H2,1-2H3;7-11,17H,1-6H2. The van der Waals surface area contributed by atoms with Crippen LogP contribution in [0.25, 0.3) is 26.2 Å². The van der Waals surface area contributed by atoms with Crippen molar-refractivity contribution in [2.24, 2.45) is 5.92 Å². The molecule has 3 nitrogen and oxygen atoms in total. The van der Waals surface area contributed by atoms with Crippen LogP contribution in [-0.2, 0) is 4.74 Å². The molecule has 5 heteroatoms. The van der Waals surface area contributed by atoms with Crippen LogP contribution in [0.2, 0.25) is 0 Å². The summed E-state index contributed by atoms with van der Waals surface area (Å²) in [6.45, 7) is 0.